The molecule has 10 N–H and O–H groups in total. The zero-order chi connectivity index (χ0) is 26.0. The number of carbonyl (C=O) groups is 5. The fourth-order valence-corrected chi connectivity index (χ4v) is 2.94. The zero-order valence-electron chi connectivity index (χ0n) is 18.8. The first-order valence-electron chi connectivity index (χ1n) is 10.4. The quantitative estimate of drug-likeness (QED) is 0.141. The van der Waals surface area contributed by atoms with Gasteiger partial charge in [-0.3, -0.25) is 19.2 Å². The van der Waals surface area contributed by atoms with Gasteiger partial charge in [-0.1, -0.05) is 30.3 Å². The number of carbonyl (C=O) groups excluding carboxylic acids is 4. The third kappa shape index (κ3) is 9.13. The average molecular weight is 482 g/mol. The summed E-state index contributed by atoms with van der Waals surface area (Å²) in [6.07, 6.45) is -3.46. The van der Waals surface area contributed by atoms with Crippen LogP contribution in [0.3, 0.4) is 0 Å². The molecule has 4 amide bonds. The summed E-state index contributed by atoms with van der Waals surface area (Å²) < 4.78 is 0. The maximum absolute atomic E-state index is 12.7. The van der Waals surface area contributed by atoms with E-state index in [0.29, 0.717) is 0 Å². The Hall–Kier alpha value is -3.55. The Morgan fingerprint density at radius 3 is 1.76 bits per heavy atom. The lowest BCUT2D eigenvalue weighted by Crippen LogP contribution is -2.62. The van der Waals surface area contributed by atoms with Gasteiger partial charge in [0.05, 0.1) is 24.7 Å². The number of nitrogens with one attached hydrogen (secondary N) is 3. The second-order valence-electron chi connectivity index (χ2n) is 7.82. The van der Waals surface area contributed by atoms with Crippen molar-refractivity contribution in [1.29, 1.82) is 0 Å². The summed E-state index contributed by atoms with van der Waals surface area (Å²) >= 11 is 0. The molecule has 0 aliphatic heterocycles. The van der Waals surface area contributed by atoms with Gasteiger partial charge in [0.15, 0.2) is 0 Å². The third-order valence-corrected chi connectivity index (χ3v) is 4.78. The lowest BCUT2D eigenvalue weighted by atomic mass is 10.0. The van der Waals surface area contributed by atoms with Crippen molar-refractivity contribution in [2.45, 2.75) is 63.1 Å². The summed E-state index contributed by atoms with van der Waals surface area (Å²) in [7, 11) is 0. The number of aliphatic hydroxyl groups excluding tert-OH is 2. The van der Waals surface area contributed by atoms with E-state index < -0.39 is 72.4 Å². The molecule has 1 rings (SSSR count). The van der Waals surface area contributed by atoms with E-state index in [-0.39, 0.29) is 6.42 Å². The number of rotatable bonds is 13. The number of primary amides is 1. The number of aliphatic hydroxyl groups is 2. The van der Waals surface area contributed by atoms with Crippen LogP contribution in [-0.4, -0.2) is 81.3 Å². The predicted molar refractivity (Wildman–Crippen MR) is 119 cm³/mol. The standard InChI is InChI=1S/C21H31N5O8/c1-10(27)16(19(31)24-14(21(33)34)9-15(23)29)26-20(32)17(11(2)28)25-18(30)13(22)8-12-6-4-3-5-7-12/h3-7,10-11,13-14,16-17,27-28H,8-9,22H2,1-2H3,(H2,23,29)(H,24,31)(H,25,30)(H,26,32)(H,33,34). The normalized spacial score (nSPS) is 16.1. The highest BCUT2D eigenvalue weighted by molar-refractivity contribution is 5.95. The van der Waals surface area contributed by atoms with Crippen molar-refractivity contribution in [2.75, 3.05) is 0 Å². The number of nitrogens with two attached hydrogens (primary N) is 2. The van der Waals surface area contributed by atoms with Gasteiger partial charge in [0.25, 0.3) is 0 Å². The van der Waals surface area contributed by atoms with Crippen molar-refractivity contribution in [3.8, 4) is 0 Å². The summed E-state index contributed by atoms with van der Waals surface area (Å²) in [5.74, 6) is -5.43. The van der Waals surface area contributed by atoms with Crippen LogP contribution < -0.4 is 27.4 Å². The van der Waals surface area contributed by atoms with Crippen LogP contribution in [0.1, 0.15) is 25.8 Å². The molecule has 0 heterocycles. The number of carboxylic acid groups (broad SMARTS) is 1. The smallest absolute Gasteiger partial charge is 0.326 e. The average Bonchev–Trinajstić information content (AvgIpc) is 2.74. The third-order valence-electron chi connectivity index (χ3n) is 4.78. The lowest BCUT2D eigenvalue weighted by molar-refractivity contribution is -0.144. The Bertz CT molecular complexity index is 877. The SMILES string of the molecule is CC(O)C(NC(=O)C(N)Cc1ccccc1)C(=O)NC(C(=O)NC(CC(N)=O)C(=O)O)C(C)O. The van der Waals surface area contributed by atoms with Crippen LogP contribution in [0.5, 0.6) is 0 Å². The molecule has 0 aliphatic carbocycles. The van der Waals surface area contributed by atoms with E-state index in [1.165, 1.54) is 6.92 Å². The molecule has 0 radical (unpaired) electrons. The fourth-order valence-electron chi connectivity index (χ4n) is 2.94. The van der Waals surface area contributed by atoms with Crippen molar-refractivity contribution in [3.05, 3.63) is 35.9 Å². The fraction of sp³-hybridized carbons (Fsp3) is 0.476. The highest BCUT2D eigenvalue weighted by Gasteiger charge is 2.34. The second kappa shape index (κ2) is 13.2. The van der Waals surface area contributed by atoms with Gasteiger partial charge in [-0.15, -0.1) is 0 Å². The molecule has 0 saturated heterocycles. The van der Waals surface area contributed by atoms with Crippen molar-refractivity contribution < 1.29 is 39.3 Å². The minimum Gasteiger partial charge on any atom is -0.480 e. The van der Waals surface area contributed by atoms with Crippen LogP contribution in [0.25, 0.3) is 0 Å². The van der Waals surface area contributed by atoms with Crippen molar-refractivity contribution >= 4 is 29.6 Å². The Kier molecular flexibility index (Phi) is 11.1. The predicted octanol–water partition coefficient (Wildman–Crippen LogP) is -3.27. The van der Waals surface area contributed by atoms with E-state index in [1.54, 1.807) is 30.3 Å². The van der Waals surface area contributed by atoms with Crippen molar-refractivity contribution in [3.63, 3.8) is 0 Å². The second-order valence-corrected chi connectivity index (χ2v) is 7.82. The van der Waals surface area contributed by atoms with E-state index in [2.05, 4.69) is 10.6 Å². The van der Waals surface area contributed by atoms with Gasteiger partial charge >= 0.3 is 5.97 Å². The van der Waals surface area contributed by atoms with Gasteiger partial charge < -0.3 is 42.7 Å². The van der Waals surface area contributed by atoms with Crippen molar-refractivity contribution in [2.24, 2.45) is 11.5 Å². The van der Waals surface area contributed by atoms with Crippen LogP contribution in [0.2, 0.25) is 0 Å². The molecule has 0 aromatic heterocycles. The number of benzene rings is 1. The van der Waals surface area contributed by atoms with Gasteiger partial charge in [-0.05, 0) is 25.8 Å². The molecule has 1 aromatic rings. The summed E-state index contributed by atoms with van der Waals surface area (Å²) in [5.41, 5.74) is 11.6. The number of carboxylic acids is 1. The van der Waals surface area contributed by atoms with E-state index in [9.17, 15) is 34.2 Å². The van der Waals surface area contributed by atoms with Crippen LogP contribution in [0, 0.1) is 0 Å². The minimum atomic E-state index is -1.69. The maximum atomic E-state index is 12.7. The molecule has 1 aromatic carbocycles. The number of aliphatic carboxylic acids is 1. The monoisotopic (exact) mass is 481 g/mol. The molecule has 0 bridgehead atoms. The first-order valence-corrected chi connectivity index (χ1v) is 10.4. The Balaban J connectivity index is 2.89. The number of hydrogen-bond donors (Lipinski definition) is 8. The first kappa shape index (κ1) is 28.5. The lowest BCUT2D eigenvalue weighted by Gasteiger charge is -2.27. The van der Waals surface area contributed by atoms with E-state index in [4.69, 9.17) is 16.6 Å². The summed E-state index contributed by atoms with van der Waals surface area (Å²) in [4.78, 5) is 59.9. The maximum Gasteiger partial charge on any atom is 0.326 e. The number of amides is 4. The molecule has 0 saturated carbocycles. The molecular formula is C21H31N5O8. The van der Waals surface area contributed by atoms with Gasteiger partial charge in [-0.25, -0.2) is 4.79 Å². The molecule has 13 heteroatoms. The molecule has 13 nitrogen and oxygen atoms in total. The summed E-state index contributed by atoms with van der Waals surface area (Å²) in [5, 5.41) is 35.5. The Labute approximate surface area is 195 Å². The van der Waals surface area contributed by atoms with Gasteiger partial charge in [-0.2, -0.15) is 0 Å². The first-order chi connectivity index (χ1) is 15.8. The summed E-state index contributed by atoms with van der Waals surface area (Å²) in [6.45, 7) is 2.37. The molecular weight excluding hydrogens is 450 g/mol. The highest BCUT2D eigenvalue weighted by atomic mass is 16.4. The molecule has 188 valence electrons. The van der Waals surface area contributed by atoms with Gasteiger partial charge in [0.2, 0.25) is 23.6 Å². The summed E-state index contributed by atoms with van der Waals surface area (Å²) in [6, 6.07) is 2.92. The largest absolute Gasteiger partial charge is 0.480 e. The van der Waals surface area contributed by atoms with Gasteiger partial charge in [0.1, 0.15) is 18.1 Å². The van der Waals surface area contributed by atoms with Crippen LogP contribution in [0.15, 0.2) is 30.3 Å². The topological polar surface area (TPSA) is 234 Å². The Morgan fingerprint density at radius 1 is 0.853 bits per heavy atom. The van der Waals surface area contributed by atoms with Crippen LogP contribution in [0.4, 0.5) is 0 Å². The molecule has 6 atom stereocenters. The molecule has 0 aliphatic rings. The zero-order valence-corrected chi connectivity index (χ0v) is 18.8. The van der Waals surface area contributed by atoms with Gasteiger partial charge in [0, 0.05) is 0 Å². The molecule has 34 heavy (non-hydrogen) atoms. The van der Waals surface area contributed by atoms with Crippen LogP contribution >= 0.6 is 0 Å². The minimum absolute atomic E-state index is 0.163. The van der Waals surface area contributed by atoms with Crippen molar-refractivity contribution in [1.82, 2.24) is 16.0 Å². The molecule has 0 fully saturated rings. The van der Waals surface area contributed by atoms with E-state index >= 15 is 0 Å². The van der Waals surface area contributed by atoms with E-state index in [0.717, 1.165) is 12.5 Å². The molecule has 0 spiro atoms. The Morgan fingerprint density at radius 2 is 1.32 bits per heavy atom. The highest BCUT2D eigenvalue weighted by Crippen LogP contribution is 2.04. The van der Waals surface area contributed by atoms with Crippen LogP contribution in [-0.2, 0) is 30.4 Å². The molecule has 6 unspecified atom stereocenters. The van der Waals surface area contributed by atoms with E-state index in [1.807, 2.05) is 5.32 Å². The number of hydrogen-bond acceptors (Lipinski definition) is 8.